The Morgan fingerprint density at radius 2 is 1.88 bits per heavy atom. The molecule has 1 heterocycles. The van der Waals surface area contributed by atoms with Crippen LogP contribution in [0.1, 0.15) is 65.7 Å². The van der Waals surface area contributed by atoms with Gasteiger partial charge in [-0.05, 0) is 74.0 Å². The second kappa shape index (κ2) is 5.34. The Bertz CT molecular complexity index is 727. The molecule has 0 bridgehead atoms. The van der Waals surface area contributed by atoms with Crippen LogP contribution >= 0.6 is 0 Å². The Morgan fingerprint density at radius 3 is 2.68 bits per heavy atom. The fraction of sp³-hybridized carbons (Fsp3) is 0.696. The van der Waals surface area contributed by atoms with Gasteiger partial charge < -0.3 is 4.57 Å². The Hall–Kier alpha value is -1.31. The summed E-state index contributed by atoms with van der Waals surface area (Å²) in [7, 11) is 0. The molecule has 134 valence electrons. The van der Waals surface area contributed by atoms with Crippen molar-refractivity contribution in [3.8, 4) is 0 Å². The maximum Gasteiger partial charge on any atom is 0.0989 e. The molecule has 0 amide bonds. The van der Waals surface area contributed by atoms with Gasteiger partial charge in [0.2, 0.25) is 0 Å². The van der Waals surface area contributed by atoms with Gasteiger partial charge in [-0.1, -0.05) is 38.5 Å². The van der Waals surface area contributed by atoms with Crippen molar-refractivity contribution >= 4 is 5.70 Å². The molecule has 2 fully saturated rings. The van der Waals surface area contributed by atoms with Crippen LogP contribution in [0.2, 0.25) is 0 Å². The average molecular weight is 337 g/mol. The molecule has 0 saturated heterocycles. The highest BCUT2D eigenvalue weighted by molar-refractivity contribution is 5.57. The van der Waals surface area contributed by atoms with Gasteiger partial charge in [0.15, 0.2) is 0 Å². The van der Waals surface area contributed by atoms with Gasteiger partial charge >= 0.3 is 0 Å². The third-order valence-electron chi connectivity index (χ3n) is 8.67. The monoisotopic (exact) mass is 336 g/mol. The van der Waals surface area contributed by atoms with Crippen LogP contribution in [0.5, 0.6) is 0 Å². The smallest absolute Gasteiger partial charge is 0.0989 e. The largest absolute Gasteiger partial charge is 0.310 e. The van der Waals surface area contributed by atoms with Gasteiger partial charge in [0.25, 0.3) is 0 Å². The molecule has 0 radical (unpaired) electrons. The highest BCUT2D eigenvalue weighted by Gasteiger charge is 2.56. The van der Waals surface area contributed by atoms with E-state index in [1.165, 1.54) is 50.6 Å². The van der Waals surface area contributed by atoms with Gasteiger partial charge in [0.05, 0.1) is 6.33 Å². The average Bonchev–Trinajstić information content (AvgIpc) is 3.22. The molecule has 1 aromatic rings. The van der Waals surface area contributed by atoms with Crippen molar-refractivity contribution in [3.63, 3.8) is 0 Å². The van der Waals surface area contributed by atoms with E-state index >= 15 is 0 Å². The lowest BCUT2D eigenvalue weighted by Crippen LogP contribution is -2.49. The van der Waals surface area contributed by atoms with E-state index in [0.29, 0.717) is 10.8 Å². The second-order valence-corrected chi connectivity index (χ2v) is 9.86. The van der Waals surface area contributed by atoms with Crippen molar-refractivity contribution < 1.29 is 0 Å². The number of imidazole rings is 1. The molecule has 1 aromatic heterocycles. The molecule has 0 aliphatic heterocycles. The van der Waals surface area contributed by atoms with E-state index in [2.05, 4.69) is 48.7 Å². The Labute approximate surface area is 152 Å². The lowest BCUT2D eigenvalue weighted by Gasteiger charge is -2.57. The Kier molecular flexibility index (Phi) is 3.40. The predicted molar refractivity (Wildman–Crippen MR) is 103 cm³/mol. The summed E-state index contributed by atoms with van der Waals surface area (Å²) in [5.74, 6) is 3.50. The molecule has 0 unspecified atom stereocenters. The summed E-state index contributed by atoms with van der Waals surface area (Å²) in [4.78, 5) is 4.30. The van der Waals surface area contributed by atoms with Gasteiger partial charge in [-0.3, -0.25) is 0 Å². The fourth-order valence-electron chi connectivity index (χ4n) is 7.19. The van der Waals surface area contributed by atoms with E-state index in [-0.39, 0.29) is 0 Å². The van der Waals surface area contributed by atoms with Crippen molar-refractivity contribution in [2.24, 2.45) is 34.5 Å². The minimum Gasteiger partial charge on any atom is -0.310 e. The molecular formula is C23H32N2. The van der Waals surface area contributed by atoms with Crippen LogP contribution in [0.25, 0.3) is 5.70 Å². The van der Waals surface area contributed by atoms with Crippen molar-refractivity contribution in [1.82, 2.24) is 9.55 Å². The number of aromatic nitrogens is 2. The summed E-state index contributed by atoms with van der Waals surface area (Å²) in [6, 6.07) is 0. The Balaban J connectivity index is 1.48. The first-order valence-corrected chi connectivity index (χ1v) is 10.4. The molecule has 2 heteroatoms. The fourth-order valence-corrected chi connectivity index (χ4v) is 7.19. The molecule has 6 atom stereocenters. The first-order valence-electron chi connectivity index (χ1n) is 10.4. The minimum absolute atomic E-state index is 0.339. The quantitative estimate of drug-likeness (QED) is 0.581. The number of hydrogen-bond donors (Lipinski definition) is 0. The number of hydrogen-bond acceptors (Lipinski definition) is 1. The zero-order valence-electron chi connectivity index (χ0n) is 16.0. The maximum atomic E-state index is 4.30. The van der Waals surface area contributed by atoms with E-state index in [1.54, 1.807) is 0 Å². The zero-order valence-corrected chi connectivity index (χ0v) is 16.0. The standard InChI is InChI=1S/C23H32N2/c1-16-8-10-22(2)17(14-16)4-5-18-19-6-7-21(25-13-12-24-15-25)23(19,3)11-9-20(18)22/h4,7,12-13,15-16,18-20H,5-6,8-11,14H2,1-3H3/t16-,18-,19-,20-,22-,23-/m0/s1. The minimum atomic E-state index is 0.339. The highest BCUT2D eigenvalue weighted by atomic mass is 15.1. The van der Waals surface area contributed by atoms with Crippen LogP contribution < -0.4 is 0 Å². The molecule has 4 aliphatic carbocycles. The van der Waals surface area contributed by atoms with E-state index in [0.717, 1.165) is 23.7 Å². The summed E-state index contributed by atoms with van der Waals surface area (Å²) in [5.41, 5.74) is 4.17. The molecule has 4 aliphatic rings. The van der Waals surface area contributed by atoms with E-state index in [4.69, 9.17) is 0 Å². The maximum absolute atomic E-state index is 4.30. The molecule has 25 heavy (non-hydrogen) atoms. The number of nitrogens with zero attached hydrogens (tertiary/aromatic N) is 2. The molecular weight excluding hydrogens is 304 g/mol. The summed E-state index contributed by atoms with van der Waals surface area (Å²) in [5, 5.41) is 0. The van der Waals surface area contributed by atoms with Crippen LogP contribution in [0.4, 0.5) is 0 Å². The molecule has 2 nitrogen and oxygen atoms in total. The second-order valence-electron chi connectivity index (χ2n) is 9.86. The normalized spacial score (nSPS) is 45.9. The summed E-state index contributed by atoms with van der Waals surface area (Å²) in [6.45, 7) is 7.60. The lowest BCUT2D eigenvalue weighted by atomic mass is 9.47. The topological polar surface area (TPSA) is 17.8 Å². The molecule has 0 spiro atoms. The van der Waals surface area contributed by atoms with Crippen LogP contribution in [0.3, 0.4) is 0 Å². The van der Waals surface area contributed by atoms with Gasteiger partial charge in [0.1, 0.15) is 0 Å². The summed E-state index contributed by atoms with van der Waals surface area (Å²) < 4.78 is 2.29. The van der Waals surface area contributed by atoms with Gasteiger partial charge in [-0.25, -0.2) is 4.98 Å². The molecule has 0 aromatic carbocycles. The summed E-state index contributed by atoms with van der Waals surface area (Å²) in [6.07, 6.45) is 20.8. The van der Waals surface area contributed by atoms with Crippen molar-refractivity contribution in [2.45, 2.75) is 65.7 Å². The lowest BCUT2D eigenvalue weighted by molar-refractivity contribution is -0.0151. The third-order valence-corrected chi connectivity index (χ3v) is 8.67. The van der Waals surface area contributed by atoms with Crippen molar-refractivity contribution in [2.75, 3.05) is 0 Å². The van der Waals surface area contributed by atoms with Crippen LogP contribution in [-0.4, -0.2) is 9.55 Å². The van der Waals surface area contributed by atoms with Crippen molar-refractivity contribution in [3.05, 3.63) is 36.4 Å². The molecule has 2 saturated carbocycles. The first-order chi connectivity index (χ1) is 12.0. The van der Waals surface area contributed by atoms with Gasteiger partial charge in [-0.2, -0.15) is 0 Å². The number of fused-ring (bicyclic) bond motifs is 5. The van der Waals surface area contributed by atoms with Crippen molar-refractivity contribution in [1.29, 1.82) is 0 Å². The Morgan fingerprint density at radius 1 is 1.04 bits per heavy atom. The predicted octanol–water partition coefficient (Wildman–Crippen LogP) is 5.93. The van der Waals surface area contributed by atoms with Gasteiger partial charge in [-0.15, -0.1) is 0 Å². The molecule has 0 N–H and O–H groups in total. The first kappa shape index (κ1) is 15.9. The van der Waals surface area contributed by atoms with Crippen LogP contribution in [0.15, 0.2) is 36.4 Å². The van der Waals surface area contributed by atoms with Crippen LogP contribution in [-0.2, 0) is 0 Å². The van der Waals surface area contributed by atoms with Gasteiger partial charge in [0, 0.05) is 23.5 Å². The summed E-state index contributed by atoms with van der Waals surface area (Å²) >= 11 is 0. The molecule has 5 rings (SSSR count). The zero-order chi connectivity index (χ0) is 17.2. The van der Waals surface area contributed by atoms with Crippen LogP contribution in [0, 0.1) is 34.5 Å². The number of rotatable bonds is 1. The SMILES string of the molecule is C[C@H]1CC[C@@]2(C)C(=CC[C@@H]3[C@@H]2CC[C@]2(C)C(n4ccnc4)=CC[C@@H]32)C1. The highest BCUT2D eigenvalue weighted by Crippen LogP contribution is 2.65. The number of allylic oxidation sites excluding steroid dienone is 4. The van der Waals surface area contributed by atoms with E-state index < -0.39 is 0 Å². The van der Waals surface area contributed by atoms with E-state index in [9.17, 15) is 0 Å². The van der Waals surface area contributed by atoms with E-state index in [1.807, 2.05) is 18.1 Å². The third kappa shape index (κ3) is 2.12.